The first-order valence-electron chi connectivity index (χ1n) is 9.43. The number of carbonyl (C=O) groups is 1. The van der Waals surface area contributed by atoms with Gasteiger partial charge < -0.3 is 14.1 Å². The van der Waals surface area contributed by atoms with Gasteiger partial charge in [0.25, 0.3) is 15.2 Å². The average molecular weight is 448 g/mol. The quantitative estimate of drug-likeness (QED) is 0.554. The maximum atomic E-state index is 12.8. The molecule has 1 fully saturated rings. The Labute approximate surface area is 178 Å². The van der Waals surface area contributed by atoms with E-state index in [-0.39, 0.29) is 16.6 Å². The van der Waals surface area contributed by atoms with Crippen molar-refractivity contribution < 1.29 is 22.4 Å². The van der Waals surface area contributed by atoms with Gasteiger partial charge >= 0.3 is 0 Å². The molecule has 4 rings (SSSR count). The van der Waals surface area contributed by atoms with Crippen LogP contribution in [0.2, 0.25) is 0 Å². The number of hydrogen-bond acceptors (Lipinski definition) is 7. The van der Waals surface area contributed by atoms with E-state index in [1.54, 1.807) is 30.3 Å². The van der Waals surface area contributed by atoms with Crippen LogP contribution in [0.3, 0.4) is 0 Å². The number of fused-ring (bicyclic) bond motifs is 1. The molecule has 0 spiro atoms. The Balaban J connectivity index is 1.50. The average Bonchev–Trinajstić information content (AvgIpc) is 3.41. The van der Waals surface area contributed by atoms with Crippen molar-refractivity contribution in [2.45, 2.75) is 23.0 Å². The number of benzene rings is 2. The molecular formula is C20H21N3O5S2. The van der Waals surface area contributed by atoms with E-state index in [4.69, 9.17) is 9.15 Å². The number of aromatic nitrogens is 1. The van der Waals surface area contributed by atoms with E-state index in [1.807, 2.05) is 4.90 Å². The number of nitrogens with one attached hydrogen (secondary N) is 1. The van der Waals surface area contributed by atoms with Crippen LogP contribution in [0.25, 0.3) is 11.1 Å². The van der Waals surface area contributed by atoms with Gasteiger partial charge in [-0.05, 0) is 43.2 Å². The van der Waals surface area contributed by atoms with E-state index in [1.165, 1.54) is 31.0 Å². The molecule has 0 aliphatic carbocycles. The molecule has 0 saturated carbocycles. The standard InChI is InChI=1S/C20H21N3O5S2/c1-27-17-7-3-2-6-15(17)22-30(25,26)14-8-9-18-16(12-14)21-20(28-18)29-13-19(24)23-10-4-5-11-23/h2-3,6-9,12,22H,4-5,10-11,13H2,1H3. The highest BCUT2D eigenvalue weighted by atomic mass is 32.2. The zero-order chi connectivity index (χ0) is 21.1. The number of carbonyl (C=O) groups excluding carboxylic acids is 1. The van der Waals surface area contributed by atoms with Gasteiger partial charge in [0.05, 0.1) is 23.4 Å². The highest BCUT2D eigenvalue weighted by Gasteiger charge is 2.21. The lowest BCUT2D eigenvalue weighted by molar-refractivity contribution is -0.127. The van der Waals surface area contributed by atoms with Crippen LogP contribution in [-0.2, 0) is 14.8 Å². The molecule has 1 amide bonds. The molecule has 0 radical (unpaired) electrons. The highest BCUT2D eigenvalue weighted by Crippen LogP contribution is 2.29. The first kappa shape index (κ1) is 20.5. The van der Waals surface area contributed by atoms with E-state index in [2.05, 4.69) is 9.71 Å². The van der Waals surface area contributed by atoms with Crippen LogP contribution in [0, 0.1) is 0 Å². The molecule has 2 heterocycles. The molecule has 158 valence electrons. The molecular weight excluding hydrogens is 426 g/mol. The highest BCUT2D eigenvalue weighted by molar-refractivity contribution is 7.99. The van der Waals surface area contributed by atoms with Crippen molar-refractivity contribution in [2.24, 2.45) is 0 Å². The Morgan fingerprint density at radius 3 is 2.77 bits per heavy atom. The van der Waals surface area contributed by atoms with Crippen molar-refractivity contribution >= 4 is 44.5 Å². The lowest BCUT2D eigenvalue weighted by atomic mass is 10.3. The van der Waals surface area contributed by atoms with E-state index >= 15 is 0 Å². The largest absolute Gasteiger partial charge is 0.495 e. The van der Waals surface area contributed by atoms with Gasteiger partial charge in [-0.2, -0.15) is 0 Å². The maximum Gasteiger partial charge on any atom is 0.262 e. The van der Waals surface area contributed by atoms with Gasteiger partial charge in [-0.25, -0.2) is 13.4 Å². The molecule has 10 heteroatoms. The van der Waals surface area contributed by atoms with Gasteiger partial charge in [0, 0.05) is 13.1 Å². The first-order valence-corrected chi connectivity index (χ1v) is 11.9. The van der Waals surface area contributed by atoms with Crippen molar-refractivity contribution in [1.82, 2.24) is 9.88 Å². The first-order chi connectivity index (χ1) is 14.5. The van der Waals surface area contributed by atoms with Crippen LogP contribution in [0.15, 0.2) is 57.0 Å². The molecule has 30 heavy (non-hydrogen) atoms. The molecule has 0 unspecified atom stereocenters. The van der Waals surface area contributed by atoms with Gasteiger partial charge in [-0.1, -0.05) is 23.9 Å². The smallest absolute Gasteiger partial charge is 0.262 e. The lowest BCUT2D eigenvalue weighted by Gasteiger charge is -2.13. The summed E-state index contributed by atoms with van der Waals surface area (Å²) in [5.74, 6) is 0.724. The minimum atomic E-state index is -3.84. The summed E-state index contributed by atoms with van der Waals surface area (Å²) in [5.41, 5.74) is 1.22. The Bertz CT molecular complexity index is 1170. The number of hydrogen-bond donors (Lipinski definition) is 1. The third kappa shape index (κ3) is 4.39. The zero-order valence-electron chi connectivity index (χ0n) is 16.3. The Morgan fingerprint density at radius 1 is 1.23 bits per heavy atom. The molecule has 8 nitrogen and oxygen atoms in total. The molecule has 0 atom stereocenters. The SMILES string of the molecule is COc1ccccc1NS(=O)(=O)c1ccc2oc(SCC(=O)N3CCCC3)nc2c1. The van der Waals surface area contributed by atoms with Gasteiger partial charge in [0.15, 0.2) is 5.58 Å². The molecule has 1 aliphatic heterocycles. The number of thioether (sulfide) groups is 1. The fraction of sp³-hybridized carbons (Fsp3) is 0.300. The van der Waals surface area contributed by atoms with Crippen molar-refractivity contribution in [2.75, 3.05) is 30.7 Å². The second-order valence-electron chi connectivity index (χ2n) is 6.79. The summed E-state index contributed by atoms with van der Waals surface area (Å²) in [4.78, 5) is 18.4. The Kier molecular flexibility index (Phi) is 5.87. The number of sulfonamides is 1. The number of amides is 1. The normalized spacial score (nSPS) is 14.2. The van der Waals surface area contributed by atoms with Crippen LogP contribution in [0.5, 0.6) is 5.75 Å². The maximum absolute atomic E-state index is 12.8. The number of oxazole rings is 1. The number of rotatable bonds is 7. The van der Waals surface area contributed by atoms with Crippen molar-refractivity contribution in [3.05, 3.63) is 42.5 Å². The lowest BCUT2D eigenvalue weighted by Crippen LogP contribution is -2.29. The third-order valence-corrected chi connectivity index (χ3v) is 6.95. The third-order valence-electron chi connectivity index (χ3n) is 4.78. The predicted octanol–water partition coefficient (Wildman–Crippen LogP) is 3.35. The topological polar surface area (TPSA) is 102 Å². The second-order valence-corrected chi connectivity index (χ2v) is 9.40. The number of ether oxygens (including phenoxy) is 1. The van der Waals surface area contributed by atoms with Gasteiger partial charge in [-0.15, -0.1) is 0 Å². The summed E-state index contributed by atoms with van der Waals surface area (Å²) in [7, 11) is -2.37. The summed E-state index contributed by atoms with van der Waals surface area (Å²) in [6.07, 6.45) is 2.08. The number of methoxy groups -OCH3 is 1. The minimum absolute atomic E-state index is 0.0545. The molecule has 2 aromatic carbocycles. The number of anilines is 1. The monoisotopic (exact) mass is 447 g/mol. The van der Waals surface area contributed by atoms with Gasteiger partial charge in [-0.3, -0.25) is 9.52 Å². The van der Waals surface area contributed by atoms with Crippen molar-refractivity contribution in [3.63, 3.8) is 0 Å². The van der Waals surface area contributed by atoms with Crippen LogP contribution < -0.4 is 9.46 Å². The fourth-order valence-corrected chi connectivity index (χ4v) is 5.06. The Morgan fingerprint density at radius 2 is 2.00 bits per heavy atom. The van der Waals surface area contributed by atoms with Gasteiger partial charge in [0.2, 0.25) is 5.91 Å². The molecule has 1 aliphatic rings. The predicted molar refractivity (Wildman–Crippen MR) is 114 cm³/mol. The summed E-state index contributed by atoms with van der Waals surface area (Å²) in [6, 6.07) is 11.2. The van der Waals surface area contributed by atoms with Crippen LogP contribution in [-0.4, -0.2) is 50.2 Å². The summed E-state index contributed by atoms with van der Waals surface area (Å²) >= 11 is 1.21. The second kappa shape index (κ2) is 8.57. The zero-order valence-corrected chi connectivity index (χ0v) is 18.0. The van der Waals surface area contributed by atoms with Crippen LogP contribution in [0.4, 0.5) is 5.69 Å². The minimum Gasteiger partial charge on any atom is -0.495 e. The number of nitrogens with zero attached hydrogens (tertiary/aromatic N) is 2. The summed E-state index contributed by atoms with van der Waals surface area (Å²) in [6.45, 7) is 1.60. The number of para-hydroxylation sites is 2. The number of likely N-dealkylation sites (tertiary alicyclic amines) is 1. The molecule has 1 aromatic heterocycles. The molecule has 0 bridgehead atoms. The Hall–Kier alpha value is -2.72. The summed E-state index contributed by atoms with van der Waals surface area (Å²) < 4.78 is 39.0. The van der Waals surface area contributed by atoms with Crippen LogP contribution in [0.1, 0.15) is 12.8 Å². The summed E-state index contributed by atoms with van der Waals surface area (Å²) in [5, 5.41) is 0.338. The van der Waals surface area contributed by atoms with Crippen LogP contribution >= 0.6 is 11.8 Å². The fourth-order valence-electron chi connectivity index (χ4n) is 3.23. The molecule has 1 N–H and O–H groups in total. The van der Waals surface area contributed by atoms with E-state index < -0.39 is 10.0 Å². The van der Waals surface area contributed by atoms with E-state index in [0.717, 1.165) is 25.9 Å². The molecule has 3 aromatic rings. The van der Waals surface area contributed by atoms with Gasteiger partial charge in [0.1, 0.15) is 11.3 Å². The van der Waals surface area contributed by atoms with E-state index in [0.29, 0.717) is 27.8 Å². The van der Waals surface area contributed by atoms with E-state index in [9.17, 15) is 13.2 Å². The van der Waals surface area contributed by atoms with Crippen molar-refractivity contribution in [1.29, 1.82) is 0 Å². The molecule has 1 saturated heterocycles. The van der Waals surface area contributed by atoms with Crippen molar-refractivity contribution in [3.8, 4) is 5.75 Å².